The number of imide groups is 1. The van der Waals surface area contributed by atoms with Crippen LogP contribution in [0.1, 0.15) is 19.4 Å². The molecule has 1 fully saturated rings. The monoisotopic (exact) mass is 339 g/mol. The van der Waals surface area contributed by atoms with Crippen LogP contribution < -0.4 is 0 Å². The van der Waals surface area contributed by atoms with E-state index in [1.807, 2.05) is 55.3 Å². The van der Waals surface area contributed by atoms with Gasteiger partial charge >= 0.3 is 6.03 Å². The molecule has 7 nitrogen and oxygen atoms in total. The Morgan fingerprint density at radius 1 is 1.12 bits per heavy atom. The normalized spacial score (nSPS) is 25.2. The summed E-state index contributed by atoms with van der Waals surface area (Å²) >= 11 is 0. The molecule has 1 aromatic carbocycles. The van der Waals surface area contributed by atoms with Gasteiger partial charge in [-0.3, -0.25) is 9.69 Å². The second-order valence-corrected chi connectivity index (χ2v) is 6.51. The van der Waals surface area contributed by atoms with Crippen LogP contribution in [0.15, 0.2) is 47.2 Å². The van der Waals surface area contributed by atoms with Gasteiger partial charge in [0.1, 0.15) is 0 Å². The molecule has 0 bridgehead atoms. The van der Waals surface area contributed by atoms with Crippen molar-refractivity contribution in [3.05, 3.63) is 47.8 Å². The Morgan fingerprint density at radius 3 is 2.52 bits per heavy atom. The molecular formula is C18H21N5O2. The topological polar surface area (TPSA) is 59.5 Å². The average molecular weight is 339 g/mol. The number of guanidine groups is 1. The molecule has 0 radical (unpaired) electrons. The van der Waals surface area contributed by atoms with Crippen molar-refractivity contribution in [2.24, 2.45) is 4.99 Å². The van der Waals surface area contributed by atoms with Crippen molar-refractivity contribution in [2.45, 2.75) is 32.6 Å². The largest absolute Gasteiger partial charge is 0.328 e. The van der Waals surface area contributed by atoms with Crippen LogP contribution in [0.2, 0.25) is 0 Å². The number of hydrogen-bond donors (Lipinski definition) is 0. The van der Waals surface area contributed by atoms with Gasteiger partial charge in [-0.15, -0.1) is 0 Å². The molecule has 0 spiro atoms. The van der Waals surface area contributed by atoms with Crippen molar-refractivity contribution >= 4 is 17.9 Å². The van der Waals surface area contributed by atoms with Crippen LogP contribution >= 0.6 is 0 Å². The van der Waals surface area contributed by atoms with Gasteiger partial charge < -0.3 is 14.7 Å². The Bertz CT molecular complexity index is 788. The summed E-state index contributed by atoms with van der Waals surface area (Å²) in [6.45, 7) is 5.10. The third kappa shape index (κ3) is 2.22. The van der Waals surface area contributed by atoms with E-state index in [1.165, 1.54) is 4.90 Å². The highest BCUT2D eigenvalue weighted by molar-refractivity contribution is 6.04. The molecule has 0 aliphatic carbocycles. The number of carbonyl (C=O) groups excluding carboxylic acids is 2. The molecular weight excluding hydrogens is 318 g/mol. The first-order chi connectivity index (χ1) is 12.0. The third-order valence-corrected chi connectivity index (χ3v) is 5.00. The maximum atomic E-state index is 13.1. The fraction of sp³-hybridized carbons (Fsp3) is 0.389. The number of fused-ring (bicyclic) bond motifs is 3. The molecule has 3 aliphatic rings. The van der Waals surface area contributed by atoms with Crippen LogP contribution in [0, 0.1) is 0 Å². The van der Waals surface area contributed by atoms with Gasteiger partial charge in [-0.1, -0.05) is 30.3 Å². The van der Waals surface area contributed by atoms with E-state index in [1.54, 1.807) is 11.9 Å². The highest BCUT2D eigenvalue weighted by Gasteiger charge is 2.53. The summed E-state index contributed by atoms with van der Waals surface area (Å²) in [5.41, 5.74) is 1.99. The van der Waals surface area contributed by atoms with Gasteiger partial charge in [0.25, 0.3) is 5.91 Å². The van der Waals surface area contributed by atoms with Crippen LogP contribution in [-0.2, 0) is 11.3 Å². The van der Waals surface area contributed by atoms with Crippen LogP contribution in [0.3, 0.4) is 0 Å². The number of hydrogen-bond acceptors (Lipinski definition) is 5. The van der Waals surface area contributed by atoms with Gasteiger partial charge in [-0.2, -0.15) is 0 Å². The van der Waals surface area contributed by atoms with Crippen LogP contribution in [-0.4, -0.2) is 63.3 Å². The van der Waals surface area contributed by atoms with Crippen molar-refractivity contribution in [1.29, 1.82) is 0 Å². The first-order valence-electron chi connectivity index (χ1n) is 8.47. The van der Waals surface area contributed by atoms with Gasteiger partial charge in [-0.25, -0.2) is 9.79 Å². The van der Waals surface area contributed by atoms with E-state index in [0.717, 1.165) is 23.8 Å². The molecule has 2 unspecified atom stereocenters. The first-order valence-corrected chi connectivity index (χ1v) is 8.47. The summed E-state index contributed by atoms with van der Waals surface area (Å²) in [6, 6.07) is 8.77. The number of allylic oxidation sites excluding steroid dienone is 1. The minimum Gasteiger partial charge on any atom is -0.315 e. The summed E-state index contributed by atoms with van der Waals surface area (Å²) in [5, 5.41) is 0. The predicted octanol–water partition coefficient (Wildman–Crippen LogP) is 1.64. The van der Waals surface area contributed by atoms with Crippen molar-refractivity contribution in [3.63, 3.8) is 0 Å². The minimum absolute atomic E-state index is 0.197. The van der Waals surface area contributed by atoms with E-state index in [0.29, 0.717) is 0 Å². The van der Waals surface area contributed by atoms with Crippen molar-refractivity contribution in [3.8, 4) is 0 Å². The maximum absolute atomic E-state index is 13.1. The van der Waals surface area contributed by atoms with Crippen molar-refractivity contribution in [1.82, 2.24) is 19.6 Å². The predicted molar refractivity (Wildman–Crippen MR) is 93.1 cm³/mol. The van der Waals surface area contributed by atoms with E-state index < -0.39 is 12.2 Å². The van der Waals surface area contributed by atoms with Crippen LogP contribution in [0.5, 0.6) is 0 Å². The molecule has 25 heavy (non-hydrogen) atoms. The van der Waals surface area contributed by atoms with E-state index >= 15 is 0 Å². The number of benzene rings is 1. The zero-order valence-electron chi connectivity index (χ0n) is 14.6. The lowest BCUT2D eigenvalue weighted by Crippen LogP contribution is -2.63. The standard InChI is InChI=1S/C18H21N5O2/c1-4-21-12(2)10-22-14-15(19-17(21)22)20(3)18(25)23(16(14)24)11-13-8-6-5-7-9-13/h5-10,14-15H,4,11H2,1-3H3. The third-order valence-electron chi connectivity index (χ3n) is 5.00. The van der Waals surface area contributed by atoms with E-state index in [-0.39, 0.29) is 18.5 Å². The number of rotatable bonds is 3. The highest BCUT2D eigenvalue weighted by Crippen LogP contribution is 2.34. The number of amides is 3. The maximum Gasteiger partial charge on any atom is 0.328 e. The number of likely N-dealkylation sites (N-methyl/N-ethyl adjacent to an activating group) is 1. The minimum atomic E-state index is -0.493. The van der Waals surface area contributed by atoms with E-state index in [2.05, 4.69) is 9.89 Å². The lowest BCUT2D eigenvalue weighted by molar-refractivity contribution is -0.137. The van der Waals surface area contributed by atoms with Crippen molar-refractivity contribution < 1.29 is 9.59 Å². The fourth-order valence-corrected chi connectivity index (χ4v) is 3.70. The Hall–Kier alpha value is -2.83. The van der Waals surface area contributed by atoms with Gasteiger partial charge in [0.05, 0.1) is 6.54 Å². The Balaban J connectivity index is 1.66. The average Bonchev–Trinajstić information content (AvgIpc) is 3.12. The second-order valence-electron chi connectivity index (χ2n) is 6.51. The van der Waals surface area contributed by atoms with Crippen LogP contribution in [0.25, 0.3) is 0 Å². The summed E-state index contributed by atoms with van der Waals surface area (Å²) in [4.78, 5) is 37.4. The smallest absolute Gasteiger partial charge is 0.315 e. The first kappa shape index (κ1) is 15.7. The molecule has 7 heteroatoms. The van der Waals surface area contributed by atoms with E-state index in [9.17, 15) is 9.59 Å². The van der Waals surface area contributed by atoms with Gasteiger partial charge in [0, 0.05) is 25.5 Å². The molecule has 1 aromatic rings. The fourth-order valence-electron chi connectivity index (χ4n) is 3.70. The molecule has 1 saturated heterocycles. The lowest BCUT2D eigenvalue weighted by Gasteiger charge is -2.40. The molecule has 0 saturated carbocycles. The highest BCUT2D eigenvalue weighted by atomic mass is 16.2. The summed E-state index contributed by atoms with van der Waals surface area (Å²) in [6.07, 6.45) is 1.48. The van der Waals surface area contributed by atoms with Crippen molar-refractivity contribution in [2.75, 3.05) is 13.6 Å². The SMILES string of the molecule is CCN1C(C)=CN2C1=NC1C2C(=O)N(Cc2ccccc2)C(=O)N1C. The number of aliphatic imine (C=N–C) groups is 1. The lowest BCUT2D eigenvalue weighted by atomic mass is 10.1. The molecule has 0 aromatic heterocycles. The molecule has 3 amide bonds. The Morgan fingerprint density at radius 2 is 1.84 bits per heavy atom. The second kappa shape index (κ2) is 5.61. The molecule has 0 N–H and O–H groups in total. The van der Waals surface area contributed by atoms with Gasteiger partial charge in [0.2, 0.25) is 5.96 Å². The van der Waals surface area contributed by atoms with E-state index in [4.69, 9.17) is 0 Å². The van der Waals surface area contributed by atoms with Gasteiger partial charge in [0.15, 0.2) is 12.2 Å². The van der Waals surface area contributed by atoms with Crippen LogP contribution in [0.4, 0.5) is 4.79 Å². The van der Waals surface area contributed by atoms with Gasteiger partial charge in [-0.05, 0) is 19.4 Å². The zero-order valence-corrected chi connectivity index (χ0v) is 14.6. The molecule has 3 aliphatic heterocycles. The number of nitrogens with zero attached hydrogens (tertiary/aromatic N) is 5. The molecule has 130 valence electrons. The zero-order chi connectivity index (χ0) is 17.7. The molecule has 3 heterocycles. The quantitative estimate of drug-likeness (QED) is 0.840. The Kier molecular flexibility index (Phi) is 3.52. The Labute approximate surface area is 146 Å². The summed E-state index contributed by atoms with van der Waals surface area (Å²) < 4.78 is 0. The summed E-state index contributed by atoms with van der Waals surface area (Å²) in [5.74, 6) is 0.558. The number of carbonyl (C=O) groups is 2. The number of urea groups is 1. The summed E-state index contributed by atoms with van der Waals surface area (Å²) in [7, 11) is 1.71. The molecule has 2 atom stereocenters. The molecule has 4 rings (SSSR count).